The number of fused-ring (bicyclic) bond motifs is 1. The van der Waals surface area contributed by atoms with Crippen LogP contribution in [-0.2, 0) is 13.0 Å². The fraction of sp³-hybridized carbons (Fsp3) is 0.455. The molecule has 16 heavy (non-hydrogen) atoms. The van der Waals surface area contributed by atoms with E-state index >= 15 is 0 Å². The van der Waals surface area contributed by atoms with Crippen molar-refractivity contribution in [1.29, 1.82) is 0 Å². The van der Waals surface area contributed by atoms with E-state index in [1.165, 1.54) is 11.3 Å². The summed E-state index contributed by atoms with van der Waals surface area (Å²) in [6.07, 6.45) is 2.62. The van der Waals surface area contributed by atoms with Crippen LogP contribution in [0.1, 0.15) is 20.4 Å². The van der Waals surface area contributed by atoms with Crippen molar-refractivity contribution in [3.63, 3.8) is 0 Å². The number of carbonyl (C=O) groups is 1. The fourth-order valence-electron chi connectivity index (χ4n) is 1.78. The summed E-state index contributed by atoms with van der Waals surface area (Å²) in [4.78, 5) is 19.1. The second-order valence-corrected chi connectivity index (χ2v) is 4.79. The standard InChI is InChI=1S/C11H15N3OS/c1-3-5-14-6-4-8-10(11(14)15)16-9(13-8)7-12-2/h3,12H,1,4-7H2,2H3. The second kappa shape index (κ2) is 4.76. The van der Waals surface area contributed by atoms with E-state index in [-0.39, 0.29) is 5.91 Å². The third-order valence-corrected chi connectivity index (χ3v) is 3.60. The molecule has 0 aliphatic carbocycles. The molecule has 1 N–H and O–H groups in total. The first-order valence-electron chi connectivity index (χ1n) is 5.29. The molecular formula is C11H15N3OS. The van der Waals surface area contributed by atoms with Crippen LogP contribution in [0.3, 0.4) is 0 Å². The van der Waals surface area contributed by atoms with Gasteiger partial charge in [0.15, 0.2) is 0 Å². The Morgan fingerprint density at radius 2 is 2.50 bits per heavy atom. The number of amides is 1. The highest BCUT2D eigenvalue weighted by molar-refractivity contribution is 7.13. The van der Waals surface area contributed by atoms with Crippen LogP contribution in [0.25, 0.3) is 0 Å². The summed E-state index contributed by atoms with van der Waals surface area (Å²) < 4.78 is 0. The number of nitrogens with zero attached hydrogens (tertiary/aromatic N) is 2. The monoisotopic (exact) mass is 237 g/mol. The van der Waals surface area contributed by atoms with Gasteiger partial charge >= 0.3 is 0 Å². The first-order valence-corrected chi connectivity index (χ1v) is 6.11. The summed E-state index contributed by atoms with van der Waals surface area (Å²) in [7, 11) is 1.88. The van der Waals surface area contributed by atoms with Crippen molar-refractivity contribution in [1.82, 2.24) is 15.2 Å². The van der Waals surface area contributed by atoms with Crippen LogP contribution in [-0.4, -0.2) is 35.9 Å². The number of carbonyl (C=O) groups excluding carboxylic acids is 1. The number of thiazole rings is 1. The topological polar surface area (TPSA) is 45.2 Å². The minimum absolute atomic E-state index is 0.0982. The minimum atomic E-state index is 0.0982. The van der Waals surface area contributed by atoms with Gasteiger partial charge in [-0.05, 0) is 7.05 Å². The lowest BCUT2D eigenvalue weighted by molar-refractivity contribution is 0.0763. The van der Waals surface area contributed by atoms with Crippen molar-refractivity contribution in [3.8, 4) is 0 Å². The second-order valence-electron chi connectivity index (χ2n) is 3.70. The van der Waals surface area contributed by atoms with E-state index in [2.05, 4.69) is 16.9 Å². The summed E-state index contributed by atoms with van der Waals surface area (Å²) in [6, 6.07) is 0. The molecular weight excluding hydrogens is 222 g/mol. The van der Waals surface area contributed by atoms with E-state index in [9.17, 15) is 4.79 Å². The number of hydrogen-bond acceptors (Lipinski definition) is 4. The van der Waals surface area contributed by atoms with Crippen molar-refractivity contribution in [3.05, 3.63) is 28.2 Å². The molecule has 0 radical (unpaired) electrons. The summed E-state index contributed by atoms with van der Waals surface area (Å²) in [6.45, 7) is 5.77. The maximum atomic E-state index is 12.1. The molecule has 1 amide bonds. The van der Waals surface area contributed by atoms with Gasteiger partial charge in [0.1, 0.15) is 9.88 Å². The van der Waals surface area contributed by atoms with Gasteiger partial charge in [0.05, 0.1) is 5.69 Å². The van der Waals surface area contributed by atoms with Gasteiger partial charge in [0.25, 0.3) is 5.91 Å². The minimum Gasteiger partial charge on any atom is -0.334 e. The Bertz CT molecular complexity index is 413. The van der Waals surface area contributed by atoms with Crippen LogP contribution in [0, 0.1) is 0 Å². The molecule has 86 valence electrons. The molecule has 0 atom stereocenters. The molecule has 2 heterocycles. The lowest BCUT2D eigenvalue weighted by Gasteiger charge is -2.24. The zero-order valence-corrected chi connectivity index (χ0v) is 10.1. The van der Waals surface area contributed by atoms with Gasteiger partial charge in [-0.2, -0.15) is 0 Å². The van der Waals surface area contributed by atoms with Gasteiger partial charge in [0.2, 0.25) is 0 Å². The zero-order chi connectivity index (χ0) is 11.5. The highest BCUT2D eigenvalue weighted by Gasteiger charge is 2.27. The lowest BCUT2D eigenvalue weighted by Crippen LogP contribution is -2.36. The molecule has 0 spiro atoms. The smallest absolute Gasteiger partial charge is 0.266 e. The highest BCUT2D eigenvalue weighted by atomic mass is 32.1. The van der Waals surface area contributed by atoms with E-state index < -0.39 is 0 Å². The van der Waals surface area contributed by atoms with Gasteiger partial charge in [-0.1, -0.05) is 6.08 Å². The van der Waals surface area contributed by atoms with E-state index in [0.717, 1.165) is 35.1 Å². The molecule has 0 saturated carbocycles. The molecule has 0 saturated heterocycles. The third-order valence-electron chi connectivity index (χ3n) is 2.52. The normalized spacial score (nSPS) is 15.1. The maximum absolute atomic E-state index is 12.1. The van der Waals surface area contributed by atoms with Gasteiger partial charge in [-0.3, -0.25) is 4.79 Å². The Labute approximate surface area is 99.0 Å². The van der Waals surface area contributed by atoms with Crippen LogP contribution in [0.5, 0.6) is 0 Å². The molecule has 1 aromatic heterocycles. The molecule has 5 heteroatoms. The molecule has 0 unspecified atom stereocenters. The molecule has 4 nitrogen and oxygen atoms in total. The molecule has 1 aromatic rings. The Balaban J connectivity index is 2.23. The van der Waals surface area contributed by atoms with E-state index in [4.69, 9.17) is 0 Å². The Morgan fingerprint density at radius 1 is 1.69 bits per heavy atom. The summed E-state index contributed by atoms with van der Waals surface area (Å²) >= 11 is 1.50. The molecule has 0 fully saturated rings. The van der Waals surface area contributed by atoms with Crippen molar-refractivity contribution >= 4 is 17.2 Å². The largest absolute Gasteiger partial charge is 0.334 e. The summed E-state index contributed by atoms with van der Waals surface area (Å²) in [5.74, 6) is 0.0982. The summed E-state index contributed by atoms with van der Waals surface area (Å²) in [5, 5.41) is 4.04. The van der Waals surface area contributed by atoms with Crippen molar-refractivity contribution in [2.75, 3.05) is 20.1 Å². The Hall–Kier alpha value is -1.20. The van der Waals surface area contributed by atoms with Crippen LogP contribution >= 0.6 is 11.3 Å². The Morgan fingerprint density at radius 3 is 3.19 bits per heavy atom. The van der Waals surface area contributed by atoms with Crippen molar-refractivity contribution < 1.29 is 4.79 Å². The SMILES string of the molecule is C=CCN1CCc2nc(CNC)sc2C1=O. The first-order chi connectivity index (χ1) is 7.76. The van der Waals surface area contributed by atoms with Crippen LogP contribution < -0.4 is 5.32 Å². The van der Waals surface area contributed by atoms with Gasteiger partial charge < -0.3 is 10.2 Å². The zero-order valence-electron chi connectivity index (χ0n) is 9.32. The van der Waals surface area contributed by atoms with E-state index in [1.54, 1.807) is 6.08 Å². The van der Waals surface area contributed by atoms with Gasteiger partial charge in [-0.15, -0.1) is 17.9 Å². The predicted octanol–water partition coefficient (Wildman–Crippen LogP) is 1.05. The van der Waals surface area contributed by atoms with E-state index in [0.29, 0.717) is 6.54 Å². The fourth-order valence-corrected chi connectivity index (χ4v) is 2.87. The van der Waals surface area contributed by atoms with E-state index in [1.807, 2.05) is 11.9 Å². The molecule has 1 aliphatic rings. The lowest BCUT2D eigenvalue weighted by atomic mass is 10.1. The average Bonchev–Trinajstić information content (AvgIpc) is 2.67. The summed E-state index contributed by atoms with van der Waals surface area (Å²) in [5.41, 5.74) is 0.959. The van der Waals surface area contributed by atoms with Crippen molar-refractivity contribution in [2.24, 2.45) is 0 Å². The van der Waals surface area contributed by atoms with Gasteiger partial charge in [0, 0.05) is 26.1 Å². The highest BCUT2D eigenvalue weighted by Crippen LogP contribution is 2.24. The third kappa shape index (κ3) is 2.01. The van der Waals surface area contributed by atoms with Crippen LogP contribution in [0.15, 0.2) is 12.7 Å². The maximum Gasteiger partial charge on any atom is 0.266 e. The number of aromatic nitrogens is 1. The number of nitrogens with one attached hydrogen (secondary N) is 1. The van der Waals surface area contributed by atoms with Crippen LogP contribution in [0.2, 0.25) is 0 Å². The number of hydrogen-bond donors (Lipinski definition) is 1. The Kier molecular flexibility index (Phi) is 3.36. The predicted molar refractivity (Wildman–Crippen MR) is 64.7 cm³/mol. The first kappa shape index (κ1) is 11.3. The number of rotatable bonds is 4. The van der Waals surface area contributed by atoms with Crippen molar-refractivity contribution in [2.45, 2.75) is 13.0 Å². The molecule has 0 aromatic carbocycles. The van der Waals surface area contributed by atoms with Gasteiger partial charge in [-0.25, -0.2) is 4.98 Å². The molecule has 2 rings (SSSR count). The quantitative estimate of drug-likeness (QED) is 0.796. The molecule has 1 aliphatic heterocycles. The average molecular weight is 237 g/mol. The molecule has 0 bridgehead atoms. The van der Waals surface area contributed by atoms with Crippen LogP contribution in [0.4, 0.5) is 0 Å².